The Labute approximate surface area is 135 Å². The van der Waals surface area contributed by atoms with Crippen molar-refractivity contribution in [1.82, 2.24) is 0 Å². The molecule has 2 nitrogen and oxygen atoms in total. The van der Waals surface area contributed by atoms with Crippen LogP contribution in [0, 0.1) is 23.7 Å². The van der Waals surface area contributed by atoms with Gasteiger partial charge in [0.15, 0.2) is 0 Å². The highest BCUT2D eigenvalue weighted by Crippen LogP contribution is 2.47. The van der Waals surface area contributed by atoms with Crippen LogP contribution in [-0.2, 0) is 0 Å². The normalized spacial score (nSPS) is 34.6. The Kier molecular flexibility index (Phi) is 5.68. The van der Waals surface area contributed by atoms with Crippen LogP contribution < -0.4 is 0 Å². The summed E-state index contributed by atoms with van der Waals surface area (Å²) in [4.78, 5) is 0. The molecule has 0 amide bonds. The molecule has 0 aromatic rings. The molecule has 2 heteroatoms. The average molecular weight is 304 g/mol. The van der Waals surface area contributed by atoms with Crippen LogP contribution in [0.4, 0.5) is 0 Å². The van der Waals surface area contributed by atoms with Gasteiger partial charge in [-0.1, -0.05) is 42.9 Å². The highest BCUT2D eigenvalue weighted by Gasteiger charge is 2.42. The molecule has 124 valence electrons. The van der Waals surface area contributed by atoms with E-state index in [2.05, 4.69) is 33.1 Å². The van der Waals surface area contributed by atoms with Crippen molar-refractivity contribution in [3.63, 3.8) is 0 Å². The lowest BCUT2D eigenvalue weighted by molar-refractivity contribution is 0.0276. The fraction of sp³-hybridized carbons (Fsp3) is 0.700. The maximum atomic E-state index is 11.0. The van der Waals surface area contributed by atoms with Crippen LogP contribution in [0.3, 0.4) is 0 Å². The van der Waals surface area contributed by atoms with Crippen molar-refractivity contribution in [1.29, 1.82) is 0 Å². The molecule has 1 fully saturated rings. The second-order valence-corrected chi connectivity index (χ2v) is 7.58. The van der Waals surface area contributed by atoms with Gasteiger partial charge in [0, 0.05) is 5.92 Å². The number of hydrogen-bond donors (Lipinski definition) is 2. The van der Waals surface area contributed by atoms with E-state index in [4.69, 9.17) is 0 Å². The summed E-state index contributed by atoms with van der Waals surface area (Å²) in [6.45, 7) is 14.3. The SMILES string of the molecule is C=C(C)C(O)CCC(C)C1CCC(=C)C2CC=C(C)C2C1O. The molecule has 0 heterocycles. The molecule has 2 N–H and O–H groups in total. The lowest BCUT2D eigenvalue weighted by Crippen LogP contribution is -2.34. The molecular formula is C20H32O2. The van der Waals surface area contributed by atoms with E-state index in [-0.39, 0.29) is 12.0 Å². The zero-order chi connectivity index (χ0) is 16.4. The first kappa shape index (κ1) is 17.5. The highest BCUT2D eigenvalue weighted by atomic mass is 16.3. The summed E-state index contributed by atoms with van der Waals surface area (Å²) < 4.78 is 0. The second-order valence-electron chi connectivity index (χ2n) is 7.58. The molecular weight excluding hydrogens is 272 g/mol. The Morgan fingerprint density at radius 3 is 2.73 bits per heavy atom. The molecule has 0 aromatic heterocycles. The number of aliphatic hydroxyl groups excluding tert-OH is 2. The maximum Gasteiger partial charge on any atom is 0.0744 e. The third-order valence-electron chi connectivity index (χ3n) is 5.98. The van der Waals surface area contributed by atoms with Crippen molar-refractivity contribution in [3.05, 3.63) is 36.0 Å². The van der Waals surface area contributed by atoms with E-state index in [9.17, 15) is 10.2 Å². The van der Waals surface area contributed by atoms with Crippen LogP contribution in [0.1, 0.15) is 52.9 Å². The molecule has 0 saturated heterocycles. The Morgan fingerprint density at radius 2 is 2.09 bits per heavy atom. The summed E-state index contributed by atoms with van der Waals surface area (Å²) in [5.41, 5.74) is 3.48. The van der Waals surface area contributed by atoms with E-state index in [0.717, 1.165) is 37.7 Å². The highest BCUT2D eigenvalue weighted by molar-refractivity contribution is 5.24. The Bertz CT molecular complexity index is 462. The molecule has 2 aliphatic rings. The molecule has 2 aliphatic carbocycles. The molecule has 1 saturated carbocycles. The van der Waals surface area contributed by atoms with Gasteiger partial charge in [-0.3, -0.25) is 0 Å². The monoisotopic (exact) mass is 304 g/mol. The van der Waals surface area contributed by atoms with E-state index < -0.39 is 6.10 Å². The van der Waals surface area contributed by atoms with E-state index in [0.29, 0.717) is 17.8 Å². The van der Waals surface area contributed by atoms with Gasteiger partial charge in [0.2, 0.25) is 0 Å². The van der Waals surface area contributed by atoms with Crippen LogP contribution >= 0.6 is 0 Å². The molecule has 2 rings (SSSR count). The number of hydrogen-bond acceptors (Lipinski definition) is 2. The number of aliphatic hydroxyl groups is 2. The third kappa shape index (κ3) is 3.55. The Hall–Kier alpha value is -0.860. The third-order valence-corrected chi connectivity index (χ3v) is 5.98. The number of fused-ring (bicyclic) bond motifs is 1. The molecule has 0 spiro atoms. The van der Waals surface area contributed by atoms with Gasteiger partial charge < -0.3 is 10.2 Å². The lowest BCUT2D eigenvalue weighted by Gasteiger charge is -2.33. The van der Waals surface area contributed by atoms with E-state index >= 15 is 0 Å². The average Bonchev–Trinajstić information content (AvgIpc) is 2.80. The van der Waals surface area contributed by atoms with Crippen molar-refractivity contribution < 1.29 is 10.2 Å². The van der Waals surface area contributed by atoms with Gasteiger partial charge in [-0.25, -0.2) is 0 Å². The largest absolute Gasteiger partial charge is 0.392 e. The zero-order valence-corrected chi connectivity index (χ0v) is 14.4. The van der Waals surface area contributed by atoms with E-state index in [1.807, 2.05) is 6.92 Å². The van der Waals surface area contributed by atoms with Gasteiger partial charge >= 0.3 is 0 Å². The van der Waals surface area contributed by atoms with E-state index in [1.165, 1.54) is 11.1 Å². The quantitative estimate of drug-likeness (QED) is 0.745. The lowest BCUT2D eigenvalue weighted by atomic mass is 9.76. The standard InChI is InChI=1S/C20H32O2/c1-12(2)18(21)11-8-14(4)17-10-6-13(3)16-9-7-15(5)19(16)20(17)22/h7,14,16-22H,1,3,6,8-11H2,2,4-5H3. The smallest absolute Gasteiger partial charge is 0.0744 e. The summed E-state index contributed by atoms with van der Waals surface area (Å²) in [7, 11) is 0. The van der Waals surface area contributed by atoms with Crippen LogP contribution in [0.25, 0.3) is 0 Å². The zero-order valence-electron chi connectivity index (χ0n) is 14.4. The fourth-order valence-corrected chi connectivity index (χ4v) is 4.32. The summed E-state index contributed by atoms with van der Waals surface area (Å²) in [6, 6.07) is 0. The molecule has 0 aromatic carbocycles. The van der Waals surface area contributed by atoms with Crippen molar-refractivity contribution >= 4 is 0 Å². The Balaban J connectivity index is 2.05. The van der Waals surface area contributed by atoms with Gasteiger partial charge in [-0.2, -0.15) is 0 Å². The van der Waals surface area contributed by atoms with Crippen molar-refractivity contribution in [2.24, 2.45) is 23.7 Å². The van der Waals surface area contributed by atoms with Crippen LogP contribution in [-0.4, -0.2) is 22.4 Å². The molecule has 0 bridgehead atoms. The summed E-state index contributed by atoms with van der Waals surface area (Å²) in [6.07, 6.45) is 6.35. The maximum absolute atomic E-state index is 11.0. The minimum absolute atomic E-state index is 0.258. The van der Waals surface area contributed by atoms with Crippen molar-refractivity contribution in [3.8, 4) is 0 Å². The van der Waals surface area contributed by atoms with Crippen LogP contribution in [0.5, 0.6) is 0 Å². The molecule has 22 heavy (non-hydrogen) atoms. The Morgan fingerprint density at radius 1 is 1.41 bits per heavy atom. The first-order chi connectivity index (χ1) is 10.3. The number of rotatable bonds is 5. The fourth-order valence-electron chi connectivity index (χ4n) is 4.32. The second kappa shape index (κ2) is 7.14. The van der Waals surface area contributed by atoms with Crippen LogP contribution in [0.2, 0.25) is 0 Å². The minimum Gasteiger partial charge on any atom is -0.392 e. The molecule has 6 atom stereocenters. The van der Waals surface area contributed by atoms with Gasteiger partial charge in [0.1, 0.15) is 0 Å². The van der Waals surface area contributed by atoms with Gasteiger partial charge in [0.05, 0.1) is 12.2 Å². The molecule has 0 aliphatic heterocycles. The number of allylic oxidation sites excluding steroid dienone is 2. The van der Waals surface area contributed by atoms with E-state index in [1.54, 1.807) is 0 Å². The summed E-state index contributed by atoms with van der Waals surface area (Å²) in [5.74, 6) is 1.40. The van der Waals surface area contributed by atoms with Gasteiger partial charge in [0.25, 0.3) is 0 Å². The predicted octanol–water partition coefficient (Wildman–Crippen LogP) is 4.25. The van der Waals surface area contributed by atoms with Crippen LogP contribution in [0.15, 0.2) is 36.0 Å². The molecule has 0 radical (unpaired) electrons. The van der Waals surface area contributed by atoms with Gasteiger partial charge in [-0.15, -0.1) is 0 Å². The minimum atomic E-state index is -0.416. The summed E-state index contributed by atoms with van der Waals surface area (Å²) in [5, 5.41) is 20.9. The van der Waals surface area contributed by atoms with Gasteiger partial charge in [-0.05, 0) is 63.7 Å². The molecule has 6 unspecified atom stereocenters. The summed E-state index contributed by atoms with van der Waals surface area (Å²) >= 11 is 0. The first-order valence-corrected chi connectivity index (χ1v) is 8.68. The van der Waals surface area contributed by atoms with Crippen molar-refractivity contribution in [2.75, 3.05) is 0 Å². The van der Waals surface area contributed by atoms with Crippen molar-refractivity contribution in [2.45, 2.75) is 65.1 Å². The first-order valence-electron chi connectivity index (χ1n) is 8.68. The predicted molar refractivity (Wildman–Crippen MR) is 92.4 cm³/mol. The topological polar surface area (TPSA) is 40.5 Å².